The van der Waals surface area contributed by atoms with Crippen LogP contribution in [0.3, 0.4) is 0 Å². The number of amides is 2. The van der Waals surface area contributed by atoms with Gasteiger partial charge in [0.1, 0.15) is 16.2 Å². The minimum Gasteiger partial charge on any atom is -0.494 e. The second-order valence-electron chi connectivity index (χ2n) is 13.5. The molecule has 3 atom stereocenters. The maximum Gasteiger partial charge on any atom is 0.266 e. The molecule has 4 aliphatic rings. The summed E-state index contributed by atoms with van der Waals surface area (Å²) in [7, 11) is -0.222. The molecule has 240 valence electrons. The molecule has 0 spiro atoms. The van der Waals surface area contributed by atoms with E-state index in [0.717, 1.165) is 71.3 Å². The van der Waals surface area contributed by atoms with Crippen molar-refractivity contribution < 1.29 is 22.7 Å². The molecule has 2 bridgehead atoms. The Morgan fingerprint density at radius 2 is 1.83 bits per heavy atom. The first-order valence-corrected chi connectivity index (χ1v) is 17.6. The Morgan fingerprint density at radius 1 is 1.04 bits per heavy atom. The molecule has 12 heteroatoms. The molecule has 2 unspecified atom stereocenters. The quantitative estimate of drug-likeness (QED) is 0.280. The van der Waals surface area contributed by atoms with Crippen molar-refractivity contribution in [3.8, 4) is 28.4 Å². The Balaban J connectivity index is 1.15. The first-order valence-electron chi connectivity index (χ1n) is 16.1. The number of aromatic nitrogens is 3. The second kappa shape index (κ2) is 9.91. The van der Waals surface area contributed by atoms with Gasteiger partial charge < -0.3 is 24.5 Å². The first kappa shape index (κ1) is 28.5. The van der Waals surface area contributed by atoms with Gasteiger partial charge in [-0.3, -0.25) is 9.59 Å². The number of imidazole rings is 1. The van der Waals surface area contributed by atoms with E-state index in [1.54, 1.807) is 19.2 Å². The van der Waals surface area contributed by atoms with E-state index in [2.05, 4.69) is 27.5 Å². The molecular formula is C35H34N6O5S. The molecule has 5 aromatic rings. The summed E-state index contributed by atoms with van der Waals surface area (Å²) < 4.78 is 36.8. The summed E-state index contributed by atoms with van der Waals surface area (Å²) in [6.07, 6.45) is 4.35. The summed E-state index contributed by atoms with van der Waals surface area (Å²) >= 11 is 0. The van der Waals surface area contributed by atoms with Crippen molar-refractivity contribution in [2.24, 2.45) is 24.6 Å². The zero-order valence-electron chi connectivity index (χ0n) is 26.1. The van der Waals surface area contributed by atoms with Gasteiger partial charge in [0.15, 0.2) is 5.82 Å². The minimum atomic E-state index is -3.81. The molecule has 2 aliphatic heterocycles. The summed E-state index contributed by atoms with van der Waals surface area (Å²) in [4.78, 5) is 33.2. The molecule has 2 aromatic heterocycles. The molecule has 4 heterocycles. The molecule has 11 nitrogen and oxygen atoms in total. The topological polar surface area (TPSA) is 142 Å². The van der Waals surface area contributed by atoms with Crippen molar-refractivity contribution in [1.29, 1.82) is 0 Å². The molecular weight excluding hydrogens is 616 g/mol. The number of piperidine rings is 1. The molecule has 3 N–H and O–H groups in total. The summed E-state index contributed by atoms with van der Waals surface area (Å²) in [6.45, 7) is 1.52. The number of likely N-dealkylation sites (tertiary alicyclic amines) is 1. The molecule has 3 aromatic carbocycles. The molecule has 1 saturated heterocycles. The molecule has 0 radical (unpaired) electrons. The number of hydrogen-bond donors (Lipinski definition) is 2. The van der Waals surface area contributed by atoms with E-state index in [1.165, 1.54) is 6.07 Å². The van der Waals surface area contributed by atoms with Gasteiger partial charge >= 0.3 is 0 Å². The van der Waals surface area contributed by atoms with Gasteiger partial charge in [0, 0.05) is 48.7 Å². The van der Waals surface area contributed by atoms with Crippen molar-refractivity contribution in [3.05, 3.63) is 65.7 Å². The van der Waals surface area contributed by atoms with Crippen LogP contribution >= 0.6 is 0 Å². The molecule has 47 heavy (non-hydrogen) atoms. The number of carbonyl (C=O) groups is 2. The smallest absolute Gasteiger partial charge is 0.266 e. The van der Waals surface area contributed by atoms with Crippen LogP contribution in [0.5, 0.6) is 5.75 Å². The number of sulfonamides is 1. The lowest BCUT2D eigenvalue weighted by molar-refractivity contribution is 0.0700. The molecule has 9 rings (SSSR count). The third-order valence-corrected chi connectivity index (χ3v) is 12.0. The van der Waals surface area contributed by atoms with E-state index < -0.39 is 15.9 Å². The van der Waals surface area contributed by atoms with E-state index in [4.69, 9.17) is 15.5 Å². The van der Waals surface area contributed by atoms with E-state index in [0.29, 0.717) is 35.2 Å². The predicted octanol–water partition coefficient (Wildman–Crippen LogP) is 4.27. The predicted molar refractivity (Wildman–Crippen MR) is 177 cm³/mol. The van der Waals surface area contributed by atoms with Crippen LogP contribution in [0.1, 0.15) is 46.4 Å². The van der Waals surface area contributed by atoms with Crippen molar-refractivity contribution >= 4 is 43.8 Å². The summed E-state index contributed by atoms with van der Waals surface area (Å²) in [5, 5.41) is 1.04. The number of ether oxygens (including phenoxy) is 1. The SMILES string of the molecule is COc1cc(C(=O)N2CC3CCC2[C@@H]3N)cc2nc(-c3cc4ccc(-c5ccc6c(c5)C(=O)NS6(=O)=O)cc4n3CC3CC3)n(C)c12. The van der Waals surface area contributed by atoms with Crippen molar-refractivity contribution in [2.75, 3.05) is 13.7 Å². The van der Waals surface area contributed by atoms with Crippen LogP contribution in [-0.4, -0.2) is 65.0 Å². The molecule has 3 fully saturated rings. The maximum absolute atomic E-state index is 13.7. The number of fused-ring (bicyclic) bond motifs is 5. The van der Waals surface area contributed by atoms with Crippen LogP contribution < -0.4 is 15.2 Å². The van der Waals surface area contributed by atoms with E-state index in [9.17, 15) is 18.0 Å². The Labute approximate surface area is 271 Å². The van der Waals surface area contributed by atoms with Gasteiger partial charge in [-0.25, -0.2) is 18.1 Å². The largest absolute Gasteiger partial charge is 0.494 e. The highest BCUT2D eigenvalue weighted by Gasteiger charge is 2.47. The van der Waals surface area contributed by atoms with Crippen LogP contribution in [-0.2, 0) is 23.6 Å². The third kappa shape index (κ3) is 4.27. The maximum atomic E-state index is 13.7. The first-order chi connectivity index (χ1) is 22.6. The number of carbonyl (C=O) groups excluding carboxylic acids is 2. The minimum absolute atomic E-state index is 0.00472. The number of aryl methyl sites for hydroxylation is 1. The van der Waals surface area contributed by atoms with Crippen molar-refractivity contribution in [3.63, 3.8) is 0 Å². The highest BCUT2D eigenvalue weighted by Crippen LogP contribution is 2.41. The van der Waals surface area contributed by atoms with E-state index in [-0.39, 0.29) is 28.4 Å². The van der Waals surface area contributed by atoms with E-state index >= 15 is 0 Å². The molecule has 2 aliphatic carbocycles. The number of benzene rings is 3. The lowest BCUT2D eigenvalue weighted by atomic mass is 10.0. The van der Waals surface area contributed by atoms with Gasteiger partial charge in [0.25, 0.3) is 21.8 Å². The summed E-state index contributed by atoms with van der Waals surface area (Å²) in [5.41, 5.74) is 12.2. The standard InChI is InChI=1S/C35H34N6O5S/c1-39-32-25(12-23(15-29(32)46-2)35(43)41-17-22-7-9-26(41)31(22)36)37-33(39)28-14-21-6-5-20(13-27(21)40(28)16-18-3-4-18)19-8-10-30-24(11-19)34(42)38-47(30,44)45/h5-6,8,10-15,18,22,26,31H,3-4,7,9,16-17,36H2,1-2H3,(H,38,42)/t22?,26?,31-/m1/s1. The van der Waals surface area contributed by atoms with Crippen LogP contribution in [0, 0.1) is 11.8 Å². The van der Waals surface area contributed by atoms with Crippen LogP contribution in [0.4, 0.5) is 0 Å². The van der Waals surface area contributed by atoms with Crippen LogP contribution in [0.25, 0.3) is 44.6 Å². The lowest BCUT2D eigenvalue weighted by Crippen LogP contribution is -2.41. The van der Waals surface area contributed by atoms with Gasteiger partial charge in [-0.05, 0) is 85.0 Å². The number of nitrogens with two attached hydrogens (primary N) is 1. The number of hydrogen-bond acceptors (Lipinski definition) is 7. The fourth-order valence-electron chi connectivity index (χ4n) is 7.99. The van der Waals surface area contributed by atoms with Crippen molar-refractivity contribution in [1.82, 2.24) is 23.7 Å². The van der Waals surface area contributed by atoms with E-state index in [1.807, 2.05) is 34.7 Å². The van der Waals surface area contributed by atoms with Crippen LogP contribution in [0.15, 0.2) is 59.5 Å². The Hall–Kier alpha value is -4.68. The van der Waals surface area contributed by atoms with Gasteiger partial charge in [-0.2, -0.15) is 0 Å². The van der Waals surface area contributed by atoms with Gasteiger partial charge in [0.2, 0.25) is 0 Å². The Kier molecular flexibility index (Phi) is 6.02. The van der Waals surface area contributed by atoms with Gasteiger partial charge in [0.05, 0.1) is 23.9 Å². The second-order valence-corrected chi connectivity index (χ2v) is 15.1. The zero-order chi connectivity index (χ0) is 32.4. The lowest BCUT2D eigenvalue weighted by Gasteiger charge is -2.27. The van der Waals surface area contributed by atoms with Gasteiger partial charge in [-0.15, -0.1) is 0 Å². The number of methoxy groups -OCH3 is 1. The Bertz CT molecular complexity index is 2300. The number of nitrogens with zero attached hydrogens (tertiary/aromatic N) is 4. The molecule has 2 amide bonds. The average molecular weight is 651 g/mol. The molecule has 2 saturated carbocycles. The normalized spacial score (nSPS) is 22.7. The fraction of sp³-hybridized carbons (Fsp3) is 0.343. The highest BCUT2D eigenvalue weighted by molar-refractivity contribution is 7.90. The van der Waals surface area contributed by atoms with Gasteiger partial charge in [-0.1, -0.05) is 18.2 Å². The third-order valence-electron chi connectivity index (χ3n) is 10.7. The number of nitrogens with one attached hydrogen (secondary N) is 1. The summed E-state index contributed by atoms with van der Waals surface area (Å²) in [6, 6.07) is 17.0. The zero-order valence-corrected chi connectivity index (χ0v) is 26.9. The van der Waals surface area contributed by atoms with Crippen molar-refractivity contribution in [2.45, 2.75) is 49.2 Å². The van der Waals surface area contributed by atoms with Crippen LogP contribution in [0.2, 0.25) is 0 Å². The Morgan fingerprint density at radius 3 is 2.55 bits per heavy atom. The number of rotatable bonds is 6. The monoisotopic (exact) mass is 650 g/mol. The summed E-state index contributed by atoms with van der Waals surface area (Å²) in [5.74, 6) is 1.65. The average Bonchev–Trinajstić information content (AvgIpc) is 3.32. The fourth-order valence-corrected chi connectivity index (χ4v) is 9.15. The highest BCUT2D eigenvalue weighted by atomic mass is 32.2.